The number of benzene rings is 1. The summed E-state index contributed by atoms with van der Waals surface area (Å²) in [6.07, 6.45) is 5.93. The Morgan fingerprint density at radius 2 is 1.83 bits per heavy atom. The molecule has 0 saturated carbocycles. The van der Waals surface area contributed by atoms with Crippen molar-refractivity contribution in [3.05, 3.63) is 59.9 Å². The standard InChI is InChI=1S/C20H25N3O/c1-22-12-8-20(9-13-22)16-23(14-17-6-10-21-11-7-17)15-18-4-2-3-5-19(18)24-20/h2-7,10-11H,8-9,12-16H2,1H3. The van der Waals surface area contributed by atoms with Crippen molar-refractivity contribution in [3.8, 4) is 5.75 Å². The Hall–Kier alpha value is -1.91. The van der Waals surface area contributed by atoms with Crippen molar-refractivity contribution >= 4 is 0 Å². The van der Waals surface area contributed by atoms with Crippen LogP contribution in [0.3, 0.4) is 0 Å². The van der Waals surface area contributed by atoms with Gasteiger partial charge in [0.1, 0.15) is 11.4 Å². The number of rotatable bonds is 2. The zero-order chi connectivity index (χ0) is 16.4. The quantitative estimate of drug-likeness (QED) is 0.849. The van der Waals surface area contributed by atoms with Crippen LogP contribution in [0.2, 0.25) is 0 Å². The van der Waals surface area contributed by atoms with E-state index in [-0.39, 0.29) is 5.60 Å². The molecule has 0 bridgehead atoms. The van der Waals surface area contributed by atoms with Gasteiger partial charge in [-0.3, -0.25) is 9.88 Å². The second-order valence-corrected chi connectivity index (χ2v) is 7.20. The van der Waals surface area contributed by atoms with Gasteiger partial charge in [-0.15, -0.1) is 0 Å². The van der Waals surface area contributed by atoms with E-state index in [9.17, 15) is 0 Å². The van der Waals surface area contributed by atoms with Crippen molar-refractivity contribution in [3.63, 3.8) is 0 Å². The van der Waals surface area contributed by atoms with E-state index in [1.165, 1.54) is 11.1 Å². The summed E-state index contributed by atoms with van der Waals surface area (Å²) in [6.45, 7) is 5.07. The van der Waals surface area contributed by atoms with Crippen LogP contribution in [0, 0.1) is 0 Å². The first kappa shape index (κ1) is 15.6. The van der Waals surface area contributed by atoms with Crippen molar-refractivity contribution in [1.29, 1.82) is 0 Å². The Labute approximate surface area is 144 Å². The molecule has 0 amide bonds. The molecule has 0 aliphatic carbocycles. The average molecular weight is 323 g/mol. The van der Waals surface area contributed by atoms with Crippen molar-refractivity contribution in [2.75, 3.05) is 26.7 Å². The number of aromatic nitrogens is 1. The van der Waals surface area contributed by atoms with Gasteiger partial charge in [0, 0.05) is 63.5 Å². The summed E-state index contributed by atoms with van der Waals surface area (Å²) in [7, 11) is 2.20. The van der Waals surface area contributed by atoms with E-state index in [0.717, 1.165) is 51.3 Å². The highest BCUT2D eigenvalue weighted by molar-refractivity contribution is 5.35. The number of nitrogens with zero attached hydrogens (tertiary/aromatic N) is 3. The van der Waals surface area contributed by atoms with Crippen LogP contribution in [0.25, 0.3) is 0 Å². The predicted molar refractivity (Wildman–Crippen MR) is 94.9 cm³/mol. The van der Waals surface area contributed by atoms with Gasteiger partial charge in [0.2, 0.25) is 0 Å². The second-order valence-electron chi connectivity index (χ2n) is 7.20. The maximum Gasteiger partial charge on any atom is 0.124 e. The van der Waals surface area contributed by atoms with E-state index < -0.39 is 0 Å². The molecule has 1 spiro atoms. The summed E-state index contributed by atoms with van der Waals surface area (Å²) in [5.41, 5.74) is 2.54. The summed E-state index contributed by atoms with van der Waals surface area (Å²) in [5, 5.41) is 0. The minimum Gasteiger partial charge on any atom is -0.486 e. The summed E-state index contributed by atoms with van der Waals surface area (Å²) in [6, 6.07) is 12.7. The topological polar surface area (TPSA) is 28.6 Å². The Morgan fingerprint density at radius 1 is 1.08 bits per heavy atom. The van der Waals surface area contributed by atoms with Gasteiger partial charge in [0.25, 0.3) is 0 Å². The van der Waals surface area contributed by atoms with E-state index in [0.29, 0.717) is 0 Å². The zero-order valence-corrected chi connectivity index (χ0v) is 14.3. The molecule has 1 fully saturated rings. The third kappa shape index (κ3) is 3.30. The maximum absolute atomic E-state index is 6.62. The van der Waals surface area contributed by atoms with Crippen LogP contribution in [0.5, 0.6) is 5.75 Å². The van der Waals surface area contributed by atoms with Gasteiger partial charge in [-0.2, -0.15) is 0 Å². The van der Waals surface area contributed by atoms with E-state index in [1.54, 1.807) is 0 Å². The average Bonchev–Trinajstić information content (AvgIpc) is 2.75. The van der Waals surface area contributed by atoms with Crippen molar-refractivity contribution in [1.82, 2.24) is 14.8 Å². The molecule has 1 saturated heterocycles. The Kier molecular flexibility index (Phi) is 4.25. The second kappa shape index (κ2) is 6.54. The van der Waals surface area contributed by atoms with Crippen LogP contribution in [0.1, 0.15) is 24.0 Å². The molecule has 0 atom stereocenters. The molecule has 0 unspecified atom stereocenters. The van der Waals surface area contributed by atoms with E-state index in [2.05, 4.69) is 58.2 Å². The predicted octanol–water partition coefficient (Wildman–Crippen LogP) is 2.94. The Bertz CT molecular complexity index is 680. The highest BCUT2D eigenvalue weighted by atomic mass is 16.5. The van der Waals surface area contributed by atoms with Crippen molar-refractivity contribution in [2.24, 2.45) is 0 Å². The fraction of sp³-hybridized carbons (Fsp3) is 0.450. The lowest BCUT2D eigenvalue weighted by molar-refractivity contribution is -0.0146. The van der Waals surface area contributed by atoms with Gasteiger partial charge in [0.05, 0.1) is 0 Å². The minimum absolute atomic E-state index is 0.0633. The van der Waals surface area contributed by atoms with Gasteiger partial charge in [-0.05, 0) is 30.8 Å². The van der Waals surface area contributed by atoms with Gasteiger partial charge < -0.3 is 9.64 Å². The molecule has 2 aliphatic heterocycles. The van der Waals surface area contributed by atoms with Crippen molar-refractivity contribution < 1.29 is 4.74 Å². The molecular weight excluding hydrogens is 298 g/mol. The monoisotopic (exact) mass is 323 g/mol. The molecule has 126 valence electrons. The highest BCUT2D eigenvalue weighted by Crippen LogP contribution is 2.35. The molecule has 0 N–H and O–H groups in total. The molecule has 1 aromatic carbocycles. The molecule has 4 heteroatoms. The first-order chi connectivity index (χ1) is 11.7. The summed E-state index contributed by atoms with van der Waals surface area (Å²) in [5.74, 6) is 1.07. The molecule has 2 aliphatic rings. The van der Waals surface area contributed by atoms with Gasteiger partial charge in [-0.25, -0.2) is 0 Å². The van der Waals surface area contributed by atoms with Crippen LogP contribution in [-0.2, 0) is 13.1 Å². The first-order valence-corrected chi connectivity index (χ1v) is 8.79. The first-order valence-electron chi connectivity index (χ1n) is 8.79. The number of para-hydroxylation sites is 1. The molecule has 4 nitrogen and oxygen atoms in total. The van der Waals surface area contributed by atoms with Crippen molar-refractivity contribution in [2.45, 2.75) is 31.5 Å². The lowest BCUT2D eigenvalue weighted by Gasteiger charge is -2.42. The largest absolute Gasteiger partial charge is 0.486 e. The molecule has 0 radical (unpaired) electrons. The SMILES string of the molecule is CN1CCC2(CC1)CN(Cc1ccncc1)Cc1ccccc1O2. The highest BCUT2D eigenvalue weighted by Gasteiger charge is 2.39. The van der Waals surface area contributed by atoms with E-state index in [1.807, 2.05) is 12.4 Å². The third-order valence-electron chi connectivity index (χ3n) is 5.26. The fourth-order valence-corrected chi connectivity index (χ4v) is 3.85. The normalized spacial score (nSPS) is 21.0. The number of hydrogen-bond donors (Lipinski definition) is 0. The molecule has 4 rings (SSSR count). The van der Waals surface area contributed by atoms with Crippen LogP contribution >= 0.6 is 0 Å². The number of likely N-dealkylation sites (tertiary alicyclic amines) is 1. The molecule has 24 heavy (non-hydrogen) atoms. The lowest BCUT2D eigenvalue weighted by Crippen LogP contribution is -2.52. The fourth-order valence-electron chi connectivity index (χ4n) is 3.85. The van der Waals surface area contributed by atoms with Crippen LogP contribution in [-0.4, -0.2) is 47.1 Å². The molecule has 1 aromatic heterocycles. The molecule has 3 heterocycles. The summed E-state index contributed by atoms with van der Waals surface area (Å²) < 4.78 is 6.62. The lowest BCUT2D eigenvalue weighted by atomic mass is 9.90. The number of fused-ring (bicyclic) bond motifs is 1. The Morgan fingerprint density at radius 3 is 2.62 bits per heavy atom. The number of piperidine rings is 1. The van der Waals surface area contributed by atoms with E-state index in [4.69, 9.17) is 4.74 Å². The summed E-state index contributed by atoms with van der Waals surface area (Å²) in [4.78, 5) is 9.07. The molecular formula is C20H25N3O. The van der Waals surface area contributed by atoms with Gasteiger partial charge >= 0.3 is 0 Å². The van der Waals surface area contributed by atoms with Crippen LogP contribution < -0.4 is 4.74 Å². The number of ether oxygens (including phenoxy) is 1. The molecule has 2 aromatic rings. The number of hydrogen-bond acceptors (Lipinski definition) is 4. The van der Waals surface area contributed by atoms with Crippen LogP contribution in [0.15, 0.2) is 48.8 Å². The van der Waals surface area contributed by atoms with E-state index >= 15 is 0 Å². The smallest absolute Gasteiger partial charge is 0.124 e. The van der Waals surface area contributed by atoms with Crippen LogP contribution in [0.4, 0.5) is 0 Å². The zero-order valence-electron chi connectivity index (χ0n) is 14.3. The van der Waals surface area contributed by atoms with Gasteiger partial charge in [-0.1, -0.05) is 18.2 Å². The van der Waals surface area contributed by atoms with Gasteiger partial charge in [0.15, 0.2) is 0 Å². The Balaban J connectivity index is 1.62. The maximum atomic E-state index is 6.62. The summed E-state index contributed by atoms with van der Waals surface area (Å²) >= 11 is 0. The number of pyridine rings is 1. The third-order valence-corrected chi connectivity index (χ3v) is 5.26. The minimum atomic E-state index is -0.0633.